The molecule has 0 spiro atoms. The molecule has 7 heteroatoms. The molecule has 5 nitrogen and oxygen atoms in total. The highest BCUT2D eigenvalue weighted by Gasteiger charge is 2.24. The Hall–Kier alpha value is -3.22. The Morgan fingerprint density at radius 1 is 1.03 bits per heavy atom. The summed E-state index contributed by atoms with van der Waals surface area (Å²) in [4.78, 5) is 14.2. The van der Waals surface area contributed by atoms with Crippen LogP contribution in [0.25, 0.3) is 0 Å². The van der Waals surface area contributed by atoms with E-state index in [0.717, 1.165) is 23.4 Å². The minimum atomic E-state index is -1.03. The molecule has 0 N–H and O–H groups in total. The van der Waals surface area contributed by atoms with Crippen LogP contribution in [0, 0.1) is 11.6 Å². The minimum Gasteiger partial charge on any atom is -0.472 e. The monoisotopic (exact) mass is 399 g/mol. The van der Waals surface area contributed by atoms with Crippen LogP contribution in [-0.4, -0.2) is 27.1 Å². The van der Waals surface area contributed by atoms with Gasteiger partial charge in [-0.3, -0.25) is 9.48 Å². The van der Waals surface area contributed by atoms with Crippen LogP contribution in [0.1, 0.15) is 35.5 Å². The molecule has 0 bridgehead atoms. The van der Waals surface area contributed by atoms with E-state index < -0.39 is 11.6 Å². The maximum atomic E-state index is 13.4. The average Bonchev–Trinajstić information content (AvgIpc) is 3.18. The van der Waals surface area contributed by atoms with Crippen LogP contribution < -0.4 is 4.74 Å². The van der Waals surface area contributed by atoms with Crippen molar-refractivity contribution in [1.29, 1.82) is 0 Å². The van der Waals surface area contributed by atoms with E-state index in [0.29, 0.717) is 32.1 Å². The topological polar surface area (TPSA) is 47.4 Å². The number of rotatable bonds is 4. The van der Waals surface area contributed by atoms with E-state index >= 15 is 0 Å². The highest BCUT2D eigenvalue weighted by Crippen LogP contribution is 2.21. The van der Waals surface area contributed by atoms with Crippen molar-refractivity contribution in [3.8, 4) is 5.88 Å². The van der Waals surface area contributed by atoms with Crippen LogP contribution >= 0.6 is 0 Å². The van der Waals surface area contributed by atoms with Crippen molar-refractivity contribution in [2.45, 2.75) is 33.5 Å². The predicted molar refractivity (Wildman–Crippen MR) is 105 cm³/mol. The van der Waals surface area contributed by atoms with Gasteiger partial charge in [0.25, 0.3) is 5.91 Å². The number of ether oxygens (including phenoxy) is 1. The Labute approximate surface area is 168 Å². The van der Waals surface area contributed by atoms with Crippen molar-refractivity contribution in [3.05, 3.63) is 83.1 Å². The molecule has 2 heterocycles. The first kappa shape index (κ1) is 20.5. The summed E-state index contributed by atoms with van der Waals surface area (Å²) in [5, 5.41) is 4.40. The smallest absolute Gasteiger partial charge is 0.254 e. The molecule has 1 aliphatic heterocycles. The van der Waals surface area contributed by atoms with Gasteiger partial charge in [0.05, 0.1) is 18.8 Å². The van der Waals surface area contributed by atoms with Gasteiger partial charge in [0.15, 0.2) is 11.6 Å². The van der Waals surface area contributed by atoms with Gasteiger partial charge in [0.2, 0.25) is 5.88 Å². The van der Waals surface area contributed by atoms with E-state index in [-0.39, 0.29) is 11.5 Å². The lowest BCUT2D eigenvalue weighted by molar-refractivity contribution is 0.0705. The van der Waals surface area contributed by atoms with Crippen molar-refractivity contribution >= 4 is 5.91 Å². The summed E-state index contributed by atoms with van der Waals surface area (Å²) in [6.07, 6.45) is 0. The molecule has 3 aromatic rings. The summed E-state index contributed by atoms with van der Waals surface area (Å²) >= 11 is 0. The summed E-state index contributed by atoms with van der Waals surface area (Å²) in [5.74, 6) is -1.84. The zero-order chi connectivity index (χ0) is 20.8. The fourth-order valence-electron chi connectivity index (χ4n) is 3.03. The van der Waals surface area contributed by atoms with Crippen molar-refractivity contribution in [3.63, 3.8) is 0 Å². The molecule has 0 saturated heterocycles. The number of hydrogen-bond donors (Lipinski definition) is 0. The second-order valence-corrected chi connectivity index (χ2v) is 6.33. The lowest BCUT2D eigenvalue weighted by Crippen LogP contribution is -2.38. The van der Waals surface area contributed by atoms with E-state index in [1.807, 2.05) is 44.2 Å². The number of hydrogen-bond acceptors (Lipinski definition) is 3. The number of fused-ring (bicyclic) bond motifs is 1. The van der Waals surface area contributed by atoms with Gasteiger partial charge in [-0.25, -0.2) is 8.78 Å². The lowest BCUT2D eigenvalue weighted by Gasteiger charge is -2.27. The van der Waals surface area contributed by atoms with Gasteiger partial charge in [0.1, 0.15) is 6.61 Å². The van der Waals surface area contributed by atoms with E-state index in [9.17, 15) is 13.6 Å². The summed E-state index contributed by atoms with van der Waals surface area (Å²) < 4.78 is 34.0. The van der Waals surface area contributed by atoms with Crippen molar-refractivity contribution in [2.24, 2.45) is 0 Å². The number of carbonyl (C=O) groups is 1. The molecule has 152 valence electrons. The molecule has 1 amide bonds. The SMILES string of the molecule is CC.O=C(c1ccc(F)c(F)c1)N1CCn2nc(OCc3ccccc3)cc2C1. The molecule has 0 unspecified atom stereocenters. The minimum absolute atomic E-state index is 0.127. The first-order valence-electron chi connectivity index (χ1n) is 9.58. The van der Waals surface area contributed by atoms with Crippen LogP contribution in [0.2, 0.25) is 0 Å². The van der Waals surface area contributed by atoms with E-state index in [1.54, 1.807) is 15.6 Å². The predicted octanol–water partition coefficient (Wildman–Crippen LogP) is 4.42. The molecule has 4 rings (SSSR count). The van der Waals surface area contributed by atoms with Gasteiger partial charge in [-0.1, -0.05) is 44.2 Å². The fourth-order valence-corrected chi connectivity index (χ4v) is 3.03. The van der Waals surface area contributed by atoms with Gasteiger partial charge < -0.3 is 9.64 Å². The molecule has 29 heavy (non-hydrogen) atoms. The molecule has 2 aromatic carbocycles. The van der Waals surface area contributed by atoms with Gasteiger partial charge in [-0.15, -0.1) is 5.10 Å². The second kappa shape index (κ2) is 9.32. The van der Waals surface area contributed by atoms with Crippen LogP contribution in [0.15, 0.2) is 54.6 Å². The summed E-state index contributed by atoms with van der Waals surface area (Å²) in [7, 11) is 0. The van der Waals surface area contributed by atoms with Crippen LogP contribution in [-0.2, 0) is 19.7 Å². The standard InChI is InChI=1S/C20H17F2N3O2.C2H6/c21-17-7-6-15(10-18(17)22)20(26)24-8-9-25-16(12-24)11-19(23-25)27-13-14-4-2-1-3-5-14;1-2/h1-7,10-11H,8-9,12-13H2;1-2H3. The largest absolute Gasteiger partial charge is 0.472 e. The molecular formula is C22H23F2N3O2. The molecule has 0 saturated carbocycles. The number of nitrogens with zero attached hydrogens (tertiary/aromatic N) is 3. The quantitative estimate of drug-likeness (QED) is 0.652. The summed E-state index contributed by atoms with van der Waals surface area (Å²) in [6, 6.07) is 14.8. The summed E-state index contributed by atoms with van der Waals surface area (Å²) in [5.41, 5.74) is 2.00. The molecule has 0 fully saturated rings. The molecule has 1 aliphatic rings. The van der Waals surface area contributed by atoms with Gasteiger partial charge >= 0.3 is 0 Å². The number of amides is 1. The van der Waals surface area contributed by atoms with Crippen molar-refractivity contribution < 1.29 is 18.3 Å². The molecule has 0 aliphatic carbocycles. The third-order valence-electron chi connectivity index (χ3n) is 4.46. The van der Waals surface area contributed by atoms with Crippen molar-refractivity contribution in [1.82, 2.24) is 14.7 Å². The highest BCUT2D eigenvalue weighted by atomic mass is 19.2. The first-order chi connectivity index (χ1) is 14.1. The maximum absolute atomic E-state index is 13.4. The van der Waals surface area contributed by atoms with Crippen LogP contribution in [0.4, 0.5) is 8.78 Å². The zero-order valence-corrected chi connectivity index (χ0v) is 16.4. The Morgan fingerprint density at radius 3 is 2.52 bits per heavy atom. The Morgan fingerprint density at radius 2 is 1.79 bits per heavy atom. The van der Waals surface area contributed by atoms with Crippen LogP contribution in [0.3, 0.4) is 0 Å². The fraction of sp³-hybridized carbons (Fsp3) is 0.273. The van der Waals surface area contributed by atoms with E-state index in [1.165, 1.54) is 6.07 Å². The van der Waals surface area contributed by atoms with Gasteiger partial charge in [-0.05, 0) is 23.8 Å². The zero-order valence-electron chi connectivity index (χ0n) is 16.4. The number of benzene rings is 2. The number of halogens is 2. The van der Waals surface area contributed by atoms with Gasteiger partial charge in [-0.2, -0.15) is 0 Å². The third-order valence-corrected chi connectivity index (χ3v) is 4.46. The summed E-state index contributed by atoms with van der Waals surface area (Å²) in [6.45, 7) is 5.69. The molecule has 0 atom stereocenters. The molecule has 1 aromatic heterocycles. The number of aromatic nitrogens is 2. The Balaban J connectivity index is 0.00000117. The molecule has 0 radical (unpaired) electrons. The average molecular weight is 399 g/mol. The van der Waals surface area contributed by atoms with Crippen LogP contribution in [0.5, 0.6) is 5.88 Å². The normalized spacial score (nSPS) is 12.6. The Kier molecular flexibility index (Phi) is 6.59. The van der Waals surface area contributed by atoms with E-state index in [2.05, 4.69) is 5.10 Å². The second-order valence-electron chi connectivity index (χ2n) is 6.33. The first-order valence-corrected chi connectivity index (χ1v) is 9.58. The highest BCUT2D eigenvalue weighted by molar-refractivity contribution is 5.94. The lowest BCUT2D eigenvalue weighted by atomic mass is 10.1. The Bertz CT molecular complexity index is 973. The van der Waals surface area contributed by atoms with E-state index in [4.69, 9.17) is 4.74 Å². The third kappa shape index (κ3) is 4.80. The molecular weight excluding hydrogens is 376 g/mol. The van der Waals surface area contributed by atoms with Crippen molar-refractivity contribution in [2.75, 3.05) is 6.54 Å². The maximum Gasteiger partial charge on any atom is 0.254 e. The van der Waals surface area contributed by atoms with Gasteiger partial charge in [0, 0.05) is 18.2 Å². The number of carbonyl (C=O) groups excluding carboxylic acids is 1.